The summed E-state index contributed by atoms with van der Waals surface area (Å²) in [6, 6.07) is 0. The molecule has 1 N–H and O–H groups in total. The molecule has 0 saturated heterocycles. The number of methoxy groups -OCH3 is 2. The zero-order chi connectivity index (χ0) is 14.8. The predicted octanol–water partition coefficient (Wildman–Crippen LogP) is 0.727. The maximum absolute atomic E-state index is 12.0. The number of ether oxygens (including phenoxy) is 3. The SMILES string of the molecule is COCCOCCNc1cnn(CCOC)c(=O)c1Br. The lowest BCUT2D eigenvalue weighted by Gasteiger charge is -2.10. The second-order valence-electron chi connectivity index (χ2n) is 3.93. The van der Waals surface area contributed by atoms with Crippen molar-refractivity contribution in [1.82, 2.24) is 9.78 Å². The van der Waals surface area contributed by atoms with Crippen molar-refractivity contribution in [3.63, 3.8) is 0 Å². The normalized spacial score (nSPS) is 10.8. The summed E-state index contributed by atoms with van der Waals surface area (Å²) in [5.74, 6) is 0. The Kier molecular flexibility index (Phi) is 8.43. The smallest absolute Gasteiger partial charge is 0.283 e. The van der Waals surface area contributed by atoms with Gasteiger partial charge < -0.3 is 19.5 Å². The maximum Gasteiger partial charge on any atom is 0.283 e. The highest BCUT2D eigenvalue weighted by atomic mass is 79.9. The van der Waals surface area contributed by atoms with Crippen molar-refractivity contribution in [2.75, 3.05) is 52.5 Å². The second-order valence-corrected chi connectivity index (χ2v) is 4.72. The zero-order valence-electron chi connectivity index (χ0n) is 11.7. The van der Waals surface area contributed by atoms with Gasteiger partial charge in [-0.2, -0.15) is 5.10 Å². The number of nitrogens with one attached hydrogen (secondary N) is 1. The molecule has 0 fully saturated rings. The monoisotopic (exact) mass is 349 g/mol. The van der Waals surface area contributed by atoms with E-state index in [1.54, 1.807) is 20.4 Å². The Bertz CT molecular complexity index is 453. The molecule has 1 aromatic heterocycles. The number of anilines is 1. The summed E-state index contributed by atoms with van der Waals surface area (Å²) in [6.45, 7) is 3.11. The molecule has 0 aliphatic rings. The van der Waals surface area contributed by atoms with E-state index in [0.717, 1.165) is 0 Å². The fraction of sp³-hybridized carbons (Fsp3) is 0.667. The van der Waals surface area contributed by atoms with E-state index >= 15 is 0 Å². The number of hydrogen-bond acceptors (Lipinski definition) is 6. The van der Waals surface area contributed by atoms with Crippen molar-refractivity contribution >= 4 is 21.6 Å². The average molecular weight is 350 g/mol. The molecule has 0 aromatic carbocycles. The van der Waals surface area contributed by atoms with Gasteiger partial charge >= 0.3 is 0 Å². The van der Waals surface area contributed by atoms with Gasteiger partial charge in [0.1, 0.15) is 4.47 Å². The Morgan fingerprint density at radius 3 is 2.70 bits per heavy atom. The molecule has 1 aromatic rings. The van der Waals surface area contributed by atoms with Gasteiger partial charge in [0, 0.05) is 20.8 Å². The topological polar surface area (TPSA) is 74.6 Å². The summed E-state index contributed by atoms with van der Waals surface area (Å²) in [5.41, 5.74) is 0.464. The van der Waals surface area contributed by atoms with Crippen molar-refractivity contribution in [1.29, 1.82) is 0 Å². The summed E-state index contributed by atoms with van der Waals surface area (Å²) in [7, 11) is 3.21. The van der Waals surface area contributed by atoms with Gasteiger partial charge in [0.05, 0.1) is 44.9 Å². The Morgan fingerprint density at radius 1 is 1.25 bits per heavy atom. The molecule has 0 unspecified atom stereocenters. The molecule has 0 spiro atoms. The minimum atomic E-state index is -0.188. The van der Waals surface area contributed by atoms with E-state index in [-0.39, 0.29) is 5.56 Å². The fourth-order valence-corrected chi connectivity index (χ4v) is 1.87. The van der Waals surface area contributed by atoms with Crippen LogP contribution < -0.4 is 10.9 Å². The first kappa shape index (κ1) is 17.1. The highest BCUT2D eigenvalue weighted by Crippen LogP contribution is 2.15. The van der Waals surface area contributed by atoms with Crippen LogP contribution in [0, 0.1) is 0 Å². The van der Waals surface area contributed by atoms with E-state index < -0.39 is 0 Å². The van der Waals surface area contributed by atoms with Gasteiger partial charge in [0.15, 0.2) is 0 Å². The van der Waals surface area contributed by atoms with Gasteiger partial charge in [-0.15, -0.1) is 0 Å². The molecule has 20 heavy (non-hydrogen) atoms. The minimum Gasteiger partial charge on any atom is -0.383 e. The molecule has 0 atom stereocenters. The fourth-order valence-electron chi connectivity index (χ4n) is 1.43. The van der Waals surface area contributed by atoms with Gasteiger partial charge in [-0.25, -0.2) is 4.68 Å². The summed E-state index contributed by atoms with van der Waals surface area (Å²) in [5, 5.41) is 7.17. The van der Waals surface area contributed by atoms with Crippen LogP contribution in [0.4, 0.5) is 5.69 Å². The third-order valence-corrected chi connectivity index (χ3v) is 3.25. The van der Waals surface area contributed by atoms with E-state index in [4.69, 9.17) is 14.2 Å². The van der Waals surface area contributed by atoms with Gasteiger partial charge in [-0.1, -0.05) is 0 Å². The van der Waals surface area contributed by atoms with Crippen LogP contribution >= 0.6 is 15.9 Å². The summed E-state index contributed by atoms with van der Waals surface area (Å²) >= 11 is 3.28. The molecular weight excluding hydrogens is 330 g/mol. The van der Waals surface area contributed by atoms with Crippen molar-refractivity contribution in [2.24, 2.45) is 0 Å². The molecular formula is C12H20BrN3O4. The van der Waals surface area contributed by atoms with E-state index in [2.05, 4.69) is 26.3 Å². The van der Waals surface area contributed by atoms with Crippen LogP contribution in [0.1, 0.15) is 0 Å². The molecule has 0 amide bonds. The molecule has 0 aliphatic heterocycles. The lowest BCUT2D eigenvalue weighted by molar-refractivity contribution is 0.0759. The van der Waals surface area contributed by atoms with Crippen molar-refractivity contribution in [3.05, 3.63) is 21.0 Å². The van der Waals surface area contributed by atoms with Crippen LogP contribution in [0.5, 0.6) is 0 Å². The molecule has 114 valence electrons. The predicted molar refractivity (Wildman–Crippen MR) is 79.3 cm³/mol. The largest absolute Gasteiger partial charge is 0.383 e. The standard InChI is InChI=1S/C12H20BrN3O4/c1-18-6-4-16-12(17)11(13)10(9-15-16)14-3-5-20-8-7-19-2/h9,14H,3-8H2,1-2H3. The van der Waals surface area contributed by atoms with E-state index in [1.165, 1.54) is 4.68 Å². The lowest BCUT2D eigenvalue weighted by atomic mass is 10.4. The molecule has 7 nitrogen and oxygen atoms in total. The Hall–Kier alpha value is -0.960. The van der Waals surface area contributed by atoms with Gasteiger partial charge in [0.25, 0.3) is 5.56 Å². The Balaban J connectivity index is 2.47. The first-order valence-corrected chi connectivity index (χ1v) is 7.05. The first-order valence-electron chi connectivity index (χ1n) is 6.25. The van der Waals surface area contributed by atoms with Crippen LogP contribution in [0.2, 0.25) is 0 Å². The number of halogens is 1. The average Bonchev–Trinajstić information content (AvgIpc) is 2.46. The maximum atomic E-state index is 12.0. The van der Waals surface area contributed by atoms with Crippen LogP contribution in [-0.2, 0) is 20.8 Å². The first-order chi connectivity index (χ1) is 9.70. The number of nitrogens with zero attached hydrogens (tertiary/aromatic N) is 2. The Labute approximate surface area is 126 Å². The van der Waals surface area contributed by atoms with E-state index in [9.17, 15) is 4.79 Å². The Morgan fingerprint density at radius 2 is 2.00 bits per heavy atom. The molecule has 1 heterocycles. The quantitative estimate of drug-likeness (QED) is 0.627. The second kappa shape index (κ2) is 9.87. The van der Waals surface area contributed by atoms with Crippen molar-refractivity contribution < 1.29 is 14.2 Å². The third-order valence-electron chi connectivity index (χ3n) is 2.49. The summed E-state index contributed by atoms with van der Waals surface area (Å²) < 4.78 is 16.9. The third kappa shape index (κ3) is 5.58. The summed E-state index contributed by atoms with van der Waals surface area (Å²) in [4.78, 5) is 12.0. The van der Waals surface area contributed by atoms with E-state index in [1.807, 2.05) is 0 Å². The van der Waals surface area contributed by atoms with Crippen LogP contribution in [0.15, 0.2) is 15.5 Å². The highest BCUT2D eigenvalue weighted by Gasteiger charge is 2.08. The zero-order valence-corrected chi connectivity index (χ0v) is 13.3. The number of rotatable bonds is 10. The van der Waals surface area contributed by atoms with Gasteiger partial charge in [-0.05, 0) is 15.9 Å². The van der Waals surface area contributed by atoms with Gasteiger partial charge in [-0.3, -0.25) is 4.79 Å². The van der Waals surface area contributed by atoms with Crippen LogP contribution in [0.25, 0.3) is 0 Å². The molecule has 0 saturated carbocycles. The molecule has 0 bridgehead atoms. The van der Waals surface area contributed by atoms with E-state index in [0.29, 0.717) is 49.7 Å². The molecule has 8 heteroatoms. The van der Waals surface area contributed by atoms with Gasteiger partial charge in [0.2, 0.25) is 0 Å². The van der Waals surface area contributed by atoms with Crippen LogP contribution in [0.3, 0.4) is 0 Å². The highest BCUT2D eigenvalue weighted by molar-refractivity contribution is 9.10. The molecule has 1 rings (SSSR count). The summed E-state index contributed by atoms with van der Waals surface area (Å²) in [6.07, 6.45) is 1.61. The van der Waals surface area contributed by atoms with Crippen molar-refractivity contribution in [3.8, 4) is 0 Å². The number of hydrogen-bond donors (Lipinski definition) is 1. The minimum absolute atomic E-state index is 0.188. The van der Waals surface area contributed by atoms with Crippen molar-refractivity contribution in [2.45, 2.75) is 6.54 Å². The lowest BCUT2D eigenvalue weighted by Crippen LogP contribution is -2.26. The van der Waals surface area contributed by atoms with Crippen LogP contribution in [-0.4, -0.2) is 57.0 Å². The number of aromatic nitrogens is 2. The molecule has 0 radical (unpaired) electrons. The molecule has 0 aliphatic carbocycles.